The summed E-state index contributed by atoms with van der Waals surface area (Å²) in [7, 11) is -3.45. The standard InChI is InChI=1S/C11H19N3O2S/c1-4-14(8-9(2)3)17(15,16)10-5-6-11(12)13-7-10/h5-7,9H,4,8H2,1-3H3,(H2,12,13). The van der Waals surface area contributed by atoms with Gasteiger partial charge in [-0.1, -0.05) is 20.8 Å². The third-order valence-electron chi connectivity index (χ3n) is 2.32. The molecular formula is C11H19N3O2S. The average molecular weight is 257 g/mol. The minimum atomic E-state index is -3.45. The molecule has 0 amide bonds. The van der Waals surface area contributed by atoms with E-state index >= 15 is 0 Å². The van der Waals surface area contributed by atoms with Crippen molar-refractivity contribution in [1.82, 2.24) is 9.29 Å². The number of pyridine rings is 1. The third kappa shape index (κ3) is 3.41. The second kappa shape index (κ2) is 5.46. The zero-order valence-corrected chi connectivity index (χ0v) is 11.2. The molecule has 5 nitrogen and oxygen atoms in total. The second-order valence-electron chi connectivity index (χ2n) is 4.27. The van der Waals surface area contributed by atoms with Gasteiger partial charge in [0.15, 0.2) is 0 Å². The monoisotopic (exact) mass is 257 g/mol. The van der Waals surface area contributed by atoms with Crippen molar-refractivity contribution in [2.45, 2.75) is 25.7 Å². The summed E-state index contributed by atoms with van der Waals surface area (Å²) in [5.74, 6) is 0.599. The van der Waals surface area contributed by atoms with E-state index < -0.39 is 10.0 Å². The molecule has 0 fully saturated rings. The van der Waals surface area contributed by atoms with Gasteiger partial charge >= 0.3 is 0 Å². The van der Waals surface area contributed by atoms with Crippen molar-refractivity contribution < 1.29 is 8.42 Å². The molecule has 0 saturated carbocycles. The molecule has 0 aliphatic rings. The van der Waals surface area contributed by atoms with Crippen LogP contribution in [0.2, 0.25) is 0 Å². The molecule has 96 valence electrons. The second-order valence-corrected chi connectivity index (χ2v) is 6.21. The summed E-state index contributed by atoms with van der Waals surface area (Å²) < 4.78 is 26.0. The van der Waals surface area contributed by atoms with Crippen LogP contribution in [0.3, 0.4) is 0 Å². The molecule has 0 radical (unpaired) electrons. The van der Waals surface area contributed by atoms with Gasteiger partial charge in [-0.05, 0) is 18.1 Å². The van der Waals surface area contributed by atoms with Gasteiger partial charge in [-0.3, -0.25) is 0 Å². The number of nitrogen functional groups attached to an aromatic ring is 1. The molecule has 0 bridgehead atoms. The van der Waals surface area contributed by atoms with Gasteiger partial charge < -0.3 is 5.73 Å². The van der Waals surface area contributed by atoms with Crippen molar-refractivity contribution in [2.24, 2.45) is 5.92 Å². The number of aromatic nitrogens is 1. The van der Waals surface area contributed by atoms with E-state index in [1.807, 2.05) is 20.8 Å². The zero-order chi connectivity index (χ0) is 13.1. The number of hydrogen-bond acceptors (Lipinski definition) is 4. The summed E-state index contributed by atoms with van der Waals surface area (Å²) in [5.41, 5.74) is 5.44. The summed E-state index contributed by atoms with van der Waals surface area (Å²) in [6.45, 7) is 6.75. The number of sulfonamides is 1. The number of nitrogens with two attached hydrogens (primary N) is 1. The Bertz CT molecular complexity index is 454. The van der Waals surface area contributed by atoms with E-state index in [9.17, 15) is 8.42 Å². The molecule has 0 aliphatic carbocycles. The van der Waals surface area contributed by atoms with E-state index in [1.165, 1.54) is 22.6 Å². The maximum Gasteiger partial charge on any atom is 0.244 e. The van der Waals surface area contributed by atoms with Crippen molar-refractivity contribution in [1.29, 1.82) is 0 Å². The summed E-state index contributed by atoms with van der Waals surface area (Å²) >= 11 is 0. The van der Waals surface area contributed by atoms with Crippen LogP contribution in [-0.2, 0) is 10.0 Å². The molecule has 2 N–H and O–H groups in total. The van der Waals surface area contributed by atoms with Gasteiger partial charge in [0.25, 0.3) is 0 Å². The first kappa shape index (κ1) is 13.9. The molecule has 0 unspecified atom stereocenters. The van der Waals surface area contributed by atoms with Gasteiger partial charge in [0, 0.05) is 19.3 Å². The lowest BCUT2D eigenvalue weighted by molar-refractivity contribution is 0.381. The molecule has 1 aromatic rings. The van der Waals surface area contributed by atoms with Crippen LogP contribution in [0, 0.1) is 5.92 Å². The van der Waals surface area contributed by atoms with Crippen molar-refractivity contribution in [2.75, 3.05) is 18.8 Å². The third-order valence-corrected chi connectivity index (χ3v) is 4.24. The summed E-state index contributed by atoms with van der Waals surface area (Å²) in [4.78, 5) is 4.00. The fourth-order valence-electron chi connectivity index (χ4n) is 1.50. The highest BCUT2D eigenvalue weighted by atomic mass is 32.2. The summed E-state index contributed by atoms with van der Waals surface area (Å²) in [6, 6.07) is 2.98. The Labute approximate surface area is 103 Å². The summed E-state index contributed by atoms with van der Waals surface area (Å²) in [5, 5.41) is 0. The quantitative estimate of drug-likeness (QED) is 0.863. The number of rotatable bonds is 5. The minimum Gasteiger partial charge on any atom is -0.384 e. The molecule has 1 rings (SSSR count). The number of anilines is 1. The van der Waals surface area contributed by atoms with Crippen LogP contribution >= 0.6 is 0 Å². The zero-order valence-electron chi connectivity index (χ0n) is 10.4. The highest BCUT2D eigenvalue weighted by molar-refractivity contribution is 7.89. The number of nitrogens with zero attached hydrogens (tertiary/aromatic N) is 2. The van der Waals surface area contributed by atoms with E-state index in [0.717, 1.165) is 0 Å². The van der Waals surface area contributed by atoms with Gasteiger partial charge in [0.1, 0.15) is 10.7 Å². The predicted molar refractivity (Wildman–Crippen MR) is 67.9 cm³/mol. The first-order valence-electron chi connectivity index (χ1n) is 5.59. The highest BCUT2D eigenvalue weighted by Crippen LogP contribution is 2.16. The van der Waals surface area contributed by atoms with Gasteiger partial charge in [0.2, 0.25) is 10.0 Å². The van der Waals surface area contributed by atoms with Gasteiger partial charge in [-0.2, -0.15) is 4.31 Å². The lowest BCUT2D eigenvalue weighted by atomic mass is 10.2. The Morgan fingerprint density at radius 1 is 1.41 bits per heavy atom. The minimum absolute atomic E-state index is 0.189. The molecular weight excluding hydrogens is 238 g/mol. The van der Waals surface area contributed by atoms with E-state index in [4.69, 9.17) is 5.73 Å². The maximum atomic E-state index is 12.3. The van der Waals surface area contributed by atoms with Gasteiger partial charge in [-0.15, -0.1) is 0 Å². The fourth-order valence-corrected chi connectivity index (χ4v) is 3.06. The lowest BCUT2D eigenvalue weighted by Gasteiger charge is -2.22. The van der Waals surface area contributed by atoms with Crippen LogP contribution in [0.5, 0.6) is 0 Å². The van der Waals surface area contributed by atoms with Crippen LogP contribution < -0.4 is 5.73 Å². The molecule has 1 heterocycles. The highest BCUT2D eigenvalue weighted by Gasteiger charge is 2.23. The maximum absolute atomic E-state index is 12.3. The smallest absolute Gasteiger partial charge is 0.244 e. The van der Waals surface area contributed by atoms with Crippen molar-refractivity contribution in [3.8, 4) is 0 Å². The topological polar surface area (TPSA) is 76.3 Å². The predicted octanol–water partition coefficient (Wildman–Crippen LogP) is 1.33. The molecule has 6 heteroatoms. The Morgan fingerprint density at radius 3 is 2.47 bits per heavy atom. The van der Waals surface area contributed by atoms with Crippen LogP contribution in [0.25, 0.3) is 0 Å². The Morgan fingerprint density at radius 2 is 2.06 bits per heavy atom. The first-order valence-corrected chi connectivity index (χ1v) is 7.03. The van der Waals surface area contributed by atoms with Crippen LogP contribution in [0.15, 0.2) is 23.2 Å². The fraction of sp³-hybridized carbons (Fsp3) is 0.545. The SMILES string of the molecule is CCN(CC(C)C)S(=O)(=O)c1ccc(N)nc1. The molecule has 0 atom stereocenters. The molecule has 0 aliphatic heterocycles. The number of hydrogen-bond donors (Lipinski definition) is 1. The van der Waals surface area contributed by atoms with Crippen molar-refractivity contribution in [3.05, 3.63) is 18.3 Å². The largest absolute Gasteiger partial charge is 0.384 e. The molecule has 1 aromatic heterocycles. The first-order chi connectivity index (χ1) is 7.87. The molecule has 0 aromatic carbocycles. The Kier molecular flexibility index (Phi) is 4.47. The average Bonchev–Trinajstić information content (AvgIpc) is 2.26. The van der Waals surface area contributed by atoms with Crippen molar-refractivity contribution in [3.63, 3.8) is 0 Å². The molecule has 17 heavy (non-hydrogen) atoms. The van der Waals surface area contributed by atoms with Crippen LogP contribution in [0.4, 0.5) is 5.82 Å². The van der Waals surface area contributed by atoms with Crippen molar-refractivity contribution >= 4 is 15.8 Å². The molecule has 0 spiro atoms. The lowest BCUT2D eigenvalue weighted by Crippen LogP contribution is -2.34. The van der Waals surface area contributed by atoms with Crippen LogP contribution in [0.1, 0.15) is 20.8 Å². The van der Waals surface area contributed by atoms with Gasteiger partial charge in [-0.25, -0.2) is 13.4 Å². The van der Waals surface area contributed by atoms with Crippen LogP contribution in [-0.4, -0.2) is 30.8 Å². The van der Waals surface area contributed by atoms with E-state index in [2.05, 4.69) is 4.98 Å². The Hall–Kier alpha value is -1.14. The van der Waals surface area contributed by atoms with Gasteiger partial charge in [0.05, 0.1) is 0 Å². The Balaban J connectivity index is 3.04. The molecule has 0 saturated heterocycles. The van der Waals surface area contributed by atoms with E-state index in [1.54, 1.807) is 0 Å². The van der Waals surface area contributed by atoms with E-state index in [-0.39, 0.29) is 10.8 Å². The van der Waals surface area contributed by atoms with E-state index in [0.29, 0.717) is 18.9 Å². The summed E-state index contributed by atoms with van der Waals surface area (Å²) in [6.07, 6.45) is 1.30. The normalized spacial score (nSPS) is 12.3.